The maximum Gasteiger partial charge on any atom is 0.0651 e. The maximum atomic E-state index is 5.51. The minimum atomic E-state index is 0.0375. The zero-order valence-electron chi connectivity index (χ0n) is 9.42. The Hall–Kier alpha value is -0.820. The molecule has 1 atom stereocenters. The SMILES string of the molecule is CCC(C)(CCc1ccccc1)OC. The largest absolute Gasteiger partial charge is 0.379 e. The highest BCUT2D eigenvalue weighted by Gasteiger charge is 2.20. The summed E-state index contributed by atoms with van der Waals surface area (Å²) in [6.45, 7) is 4.35. The molecule has 0 N–H and O–H groups in total. The molecule has 0 aliphatic carbocycles. The lowest BCUT2D eigenvalue weighted by Gasteiger charge is -2.26. The van der Waals surface area contributed by atoms with Crippen LogP contribution < -0.4 is 0 Å². The van der Waals surface area contributed by atoms with Crippen molar-refractivity contribution >= 4 is 0 Å². The fourth-order valence-electron chi connectivity index (χ4n) is 1.48. The molecule has 1 aromatic rings. The summed E-state index contributed by atoms with van der Waals surface area (Å²) in [5.74, 6) is 0. The molecule has 1 unspecified atom stereocenters. The first-order valence-corrected chi connectivity index (χ1v) is 5.29. The first-order valence-electron chi connectivity index (χ1n) is 5.29. The molecule has 0 saturated carbocycles. The third kappa shape index (κ3) is 3.15. The molecular formula is C13H20O. The van der Waals surface area contributed by atoms with Crippen molar-refractivity contribution in [1.82, 2.24) is 0 Å². The van der Waals surface area contributed by atoms with Gasteiger partial charge in [0.05, 0.1) is 5.60 Å². The lowest BCUT2D eigenvalue weighted by molar-refractivity contribution is -0.00393. The molecule has 1 heteroatoms. The fraction of sp³-hybridized carbons (Fsp3) is 0.538. The fourth-order valence-corrected chi connectivity index (χ4v) is 1.48. The van der Waals surface area contributed by atoms with E-state index < -0.39 is 0 Å². The van der Waals surface area contributed by atoms with Gasteiger partial charge in [-0.2, -0.15) is 0 Å². The van der Waals surface area contributed by atoms with E-state index in [1.807, 2.05) is 0 Å². The number of benzene rings is 1. The molecule has 0 fully saturated rings. The van der Waals surface area contributed by atoms with Gasteiger partial charge < -0.3 is 4.74 Å². The van der Waals surface area contributed by atoms with E-state index in [0.29, 0.717) is 0 Å². The van der Waals surface area contributed by atoms with Gasteiger partial charge in [0.1, 0.15) is 0 Å². The maximum absolute atomic E-state index is 5.51. The zero-order valence-corrected chi connectivity index (χ0v) is 9.42. The molecule has 0 spiro atoms. The van der Waals surface area contributed by atoms with E-state index in [1.54, 1.807) is 7.11 Å². The van der Waals surface area contributed by atoms with Crippen molar-refractivity contribution in [3.63, 3.8) is 0 Å². The minimum Gasteiger partial charge on any atom is -0.379 e. The second kappa shape index (κ2) is 5.16. The third-order valence-electron chi connectivity index (χ3n) is 3.03. The van der Waals surface area contributed by atoms with Crippen LogP contribution in [0.3, 0.4) is 0 Å². The van der Waals surface area contributed by atoms with Crippen molar-refractivity contribution in [1.29, 1.82) is 0 Å². The van der Waals surface area contributed by atoms with Crippen molar-refractivity contribution in [2.45, 2.75) is 38.7 Å². The van der Waals surface area contributed by atoms with Crippen LogP contribution in [0.2, 0.25) is 0 Å². The van der Waals surface area contributed by atoms with Crippen molar-refractivity contribution < 1.29 is 4.74 Å². The lowest BCUT2D eigenvalue weighted by atomic mass is 9.94. The number of hydrogen-bond donors (Lipinski definition) is 0. The van der Waals surface area contributed by atoms with Gasteiger partial charge in [0.2, 0.25) is 0 Å². The summed E-state index contributed by atoms with van der Waals surface area (Å²) in [5, 5.41) is 0. The summed E-state index contributed by atoms with van der Waals surface area (Å²) >= 11 is 0. The third-order valence-corrected chi connectivity index (χ3v) is 3.03. The summed E-state index contributed by atoms with van der Waals surface area (Å²) in [4.78, 5) is 0. The first-order chi connectivity index (χ1) is 6.70. The molecule has 0 heterocycles. The number of methoxy groups -OCH3 is 1. The van der Waals surface area contributed by atoms with Gasteiger partial charge in [-0.05, 0) is 31.7 Å². The summed E-state index contributed by atoms with van der Waals surface area (Å²) in [7, 11) is 1.80. The molecule has 0 aliphatic heterocycles. The molecule has 0 saturated heterocycles. The molecule has 0 amide bonds. The van der Waals surface area contributed by atoms with E-state index in [4.69, 9.17) is 4.74 Å². The van der Waals surface area contributed by atoms with E-state index in [9.17, 15) is 0 Å². The molecule has 1 rings (SSSR count). The molecule has 1 aromatic carbocycles. The predicted octanol–water partition coefficient (Wildman–Crippen LogP) is 3.43. The Balaban J connectivity index is 2.48. The normalized spacial score (nSPS) is 15.1. The Bertz CT molecular complexity index is 249. The molecule has 0 aromatic heterocycles. The van der Waals surface area contributed by atoms with Crippen LogP contribution in [0, 0.1) is 0 Å². The smallest absolute Gasteiger partial charge is 0.0651 e. The average Bonchev–Trinajstić information content (AvgIpc) is 2.27. The number of aryl methyl sites for hydroxylation is 1. The number of hydrogen-bond acceptors (Lipinski definition) is 1. The highest BCUT2D eigenvalue weighted by molar-refractivity contribution is 5.14. The van der Waals surface area contributed by atoms with Gasteiger partial charge in [-0.1, -0.05) is 37.3 Å². The van der Waals surface area contributed by atoms with Gasteiger partial charge in [-0.3, -0.25) is 0 Å². The van der Waals surface area contributed by atoms with Crippen LogP contribution in [0.1, 0.15) is 32.3 Å². The van der Waals surface area contributed by atoms with Gasteiger partial charge >= 0.3 is 0 Å². The van der Waals surface area contributed by atoms with Crippen LogP contribution in [0.15, 0.2) is 30.3 Å². The van der Waals surface area contributed by atoms with Crippen molar-refractivity contribution in [2.75, 3.05) is 7.11 Å². The molecule has 0 bridgehead atoms. The molecule has 0 aliphatic rings. The Morgan fingerprint density at radius 3 is 2.36 bits per heavy atom. The molecule has 14 heavy (non-hydrogen) atoms. The summed E-state index contributed by atoms with van der Waals surface area (Å²) in [6.07, 6.45) is 3.25. The van der Waals surface area contributed by atoms with Gasteiger partial charge in [0.15, 0.2) is 0 Å². The second-order valence-corrected chi connectivity index (χ2v) is 3.99. The van der Waals surface area contributed by atoms with Gasteiger partial charge in [-0.25, -0.2) is 0 Å². The van der Waals surface area contributed by atoms with Crippen molar-refractivity contribution in [2.24, 2.45) is 0 Å². The number of ether oxygens (including phenoxy) is 1. The quantitative estimate of drug-likeness (QED) is 0.694. The van der Waals surface area contributed by atoms with E-state index in [2.05, 4.69) is 44.2 Å². The Kier molecular flexibility index (Phi) is 4.15. The van der Waals surface area contributed by atoms with Crippen molar-refractivity contribution in [3.05, 3.63) is 35.9 Å². The summed E-state index contributed by atoms with van der Waals surface area (Å²) in [6, 6.07) is 10.6. The van der Waals surface area contributed by atoms with Gasteiger partial charge in [-0.15, -0.1) is 0 Å². The standard InChI is InChI=1S/C13H20O/c1-4-13(2,14-3)11-10-12-8-6-5-7-9-12/h5-9H,4,10-11H2,1-3H3. The molecule has 78 valence electrons. The second-order valence-electron chi connectivity index (χ2n) is 3.99. The summed E-state index contributed by atoms with van der Waals surface area (Å²) in [5.41, 5.74) is 1.43. The van der Waals surface area contributed by atoms with E-state index in [1.165, 1.54) is 5.56 Å². The highest BCUT2D eigenvalue weighted by Crippen LogP contribution is 2.21. The van der Waals surface area contributed by atoms with Crippen LogP contribution in [0.4, 0.5) is 0 Å². The van der Waals surface area contributed by atoms with E-state index in [-0.39, 0.29) is 5.60 Å². The summed E-state index contributed by atoms with van der Waals surface area (Å²) < 4.78 is 5.51. The zero-order chi connectivity index (χ0) is 10.4. The van der Waals surface area contributed by atoms with E-state index >= 15 is 0 Å². The first kappa shape index (κ1) is 11.3. The predicted molar refractivity (Wildman–Crippen MR) is 60.5 cm³/mol. The molecule has 1 nitrogen and oxygen atoms in total. The van der Waals surface area contributed by atoms with Crippen LogP contribution in [-0.4, -0.2) is 12.7 Å². The topological polar surface area (TPSA) is 9.23 Å². The van der Waals surface area contributed by atoms with Crippen molar-refractivity contribution in [3.8, 4) is 0 Å². The van der Waals surface area contributed by atoms with Crippen LogP contribution in [0.5, 0.6) is 0 Å². The van der Waals surface area contributed by atoms with Crippen LogP contribution in [0.25, 0.3) is 0 Å². The Morgan fingerprint density at radius 1 is 1.21 bits per heavy atom. The van der Waals surface area contributed by atoms with Crippen LogP contribution >= 0.6 is 0 Å². The van der Waals surface area contributed by atoms with Gasteiger partial charge in [0.25, 0.3) is 0 Å². The lowest BCUT2D eigenvalue weighted by Crippen LogP contribution is -2.26. The monoisotopic (exact) mass is 192 g/mol. The van der Waals surface area contributed by atoms with Gasteiger partial charge in [0, 0.05) is 7.11 Å². The number of rotatable bonds is 5. The van der Waals surface area contributed by atoms with E-state index in [0.717, 1.165) is 19.3 Å². The highest BCUT2D eigenvalue weighted by atomic mass is 16.5. The van der Waals surface area contributed by atoms with Crippen LogP contribution in [-0.2, 0) is 11.2 Å². The Labute approximate surface area is 87.1 Å². The average molecular weight is 192 g/mol. The minimum absolute atomic E-state index is 0.0375. The molecule has 0 radical (unpaired) electrons. The Morgan fingerprint density at radius 2 is 1.86 bits per heavy atom. The molecular weight excluding hydrogens is 172 g/mol.